The number of likely N-dealkylation sites (tertiary alicyclic amines) is 1. The van der Waals surface area contributed by atoms with E-state index < -0.39 is 0 Å². The molecule has 128 valence electrons. The lowest BCUT2D eigenvalue weighted by molar-refractivity contribution is 0.0810. The Morgan fingerprint density at radius 3 is 2.92 bits per heavy atom. The molecule has 3 heterocycles. The number of piperidine rings is 1. The van der Waals surface area contributed by atoms with Gasteiger partial charge in [-0.05, 0) is 49.7 Å². The second kappa shape index (κ2) is 6.72. The number of carbonyl (C=O) groups is 1. The summed E-state index contributed by atoms with van der Waals surface area (Å²) in [6.07, 6.45) is 7.48. The van der Waals surface area contributed by atoms with Gasteiger partial charge in [0.15, 0.2) is 5.78 Å². The number of fused-ring (bicyclic) bond motifs is 1. The molecule has 5 nitrogen and oxygen atoms in total. The number of nitrogens with zero attached hydrogens (tertiary/aromatic N) is 4. The lowest BCUT2D eigenvalue weighted by Crippen LogP contribution is -2.38. The average Bonchev–Trinajstić information content (AvgIpc) is 3.04. The Hall–Kier alpha value is -2.60. The van der Waals surface area contributed by atoms with Crippen molar-refractivity contribution in [2.45, 2.75) is 19.4 Å². The Balaban J connectivity index is 1.45. The van der Waals surface area contributed by atoms with E-state index >= 15 is 0 Å². The maximum absolute atomic E-state index is 13.1. The van der Waals surface area contributed by atoms with Gasteiger partial charge in [0.2, 0.25) is 5.78 Å². The molecule has 0 spiro atoms. The highest BCUT2D eigenvalue weighted by Crippen LogP contribution is 2.22. The van der Waals surface area contributed by atoms with Crippen LogP contribution in [-0.4, -0.2) is 38.1 Å². The molecule has 1 fully saturated rings. The van der Waals surface area contributed by atoms with E-state index in [4.69, 9.17) is 0 Å². The van der Waals surface area contributed by atoms with E-state index in [1.807, 2.05) is 22.9 Å². The molecule has 6 heteroatoms. The third-order valence-corrected chi connectivity index (χ3v) is 4.68. The Kier molecular flexibility index (Phi) is 4.28. The molecule has 4 rings (SSSR count). The van der Waals surface area contributed by atoms with Gasteiger partial charge >= 0.3 is 0 Å². The van der Waals surface area contributed by atoms with Crippen molar-refractivity contribution in [1.29, 1.82) is 0 Å². The predicted octanol–water partition coefficient (Wildman–Crippen LogP) is 2.96. The van der Waals surface area contributed by atoms with E-state index in [0.29, 0.717) is 24.4 Å². The zero-order valence-corrected chi connectivity index (χ0v) is 13.8. The molecule has 0 saturated carbocycles. The van der Waals surface area contributed by atoms with E-state index in [1.54, 1.807) is 18.3 Å². The molecule has 1 aliphatic rings. The van der Waals surface area contributed by atoms with Gasteiger partial charge < -0.3 is 0 Å². The topological polar surface area (TPSA) is 50.5 Å². The van der Waals surface area contributed by atoms with E-state index in [-0.39, 0.29) is 17.5 Å². The van der Waals surface area contributed by atoms with Crippen LogP contribution in [-0.2, 0) is 6.54 Å². The van der Waals surface area contributed by atoms with Crippen molar-refractivity contribution in [2.75, 3.05) is 13.1 Å². The van der Waals surface area contributed by atoms with Gasteiger partial charge in [-0.1, -0.05) is 0 Å². The van der Waals surface area contributed by atoms with Crippen LogP contribution in [0.4, 0.5) is 4.39 Å². The molecule has 0 amide bonds. The van der Waals surface area contributed by atoms with E-state index in [1.165, 1.54) is 12.1 Å². The monoisotopic (exact) mass is 338 g/mol. The lowest BCUT2D eigenvalue weighted by atomic mass is 9.90. The van der Waals surface area contributed by atoms with Crippen LogP contribution in [0.3, 0.4) is 0 Å². The normalized spacial score (nSPS) is 18.5. The summed E-state index contributed by atoms with van der Waals surface area (Å²) in [4.78, 5) is 23.7. The maximum atomic E-state index is 13.1. The molecule has 3 aromatic rings. The third kappa shape index (κ3) is 3.44. The van der Waals surface area contributed by atoms with Crippen LogP contribution in [0.25, 0.3) is 5.78 Å². The minimum Gasteiger partial charge on any atom is -0.297 e. The molecule has 0 unspecified atom stereocenters. The number of aromatic nitrogens is 3. The number of carbonyl (C=O) groups excluding carboxylic acids is 1. The first-order valence-corrected chi connectivity index (χ1v) is 8.50. The molecule has 25 heavy (non-hydrogen) atoms. The molecular formula is C19H19FN4O. The summed E-state index contributed by atoms with van der Waals surface area (Å²) < 4.78 is 15.0. The van der Waals surface area contributed by atoms with E-state index in [9.17, 15) is 9.18 Å². The van der Waals surface area contributed by atoms with Crippen molar-refractivity contribution >= 4 is 11.6 Å². The van der Waals surface area contributed by atoms with Crippen LogP contribution in [0.5, 0.6) is 0 Å². The van der Waals surface area contributed by atoms with Gasteiger partial charge in [-0.25, -0.2) is 14.4 Å². The lowest BCUT2D eigenvalue weighted by Gasteiger charge is -2.31. The molecule has 2 aromatic heterocycles. The highest BCUT2D eigenvalue weighted by atomic mass is 19.1. The second-order valence-corrected chi connectivity index (χ2v) is 6.50. The Morgan fingerprint density at radius 1 is 1.28 bits per heavy atom. The molecular weight excluding hydrogens is 319 g/mol. The first-order chi connectivity index (χ1) is 12.2. The minimum absolute atomic E-state index is 0.0469. The smallest absolute Gasteiger partial charge is 0.233 e. The molecule has 0 radical (unpaired) electrons. The van der Waals surface area contributed by atoms with Crippen LogP contribution < -0.4 is 0 Å². The Bertz CT molecular complexity index is 857. The van der Waals surface area contributed by atoms with Gasteiger partial charge in [-0.15, -0.1) is 0 Å². The first kappa shape index (κ1) is 15.9. The fourth-order valence-electron chi connectivity index (χ4n) is 3.45. The van der Waals surface area contributed by atoms with Crippen molar-refractivity contribution < 1.29 is 9.18 Å². The van der Waals surface area contributed by atoms with Crippen molar-refractivity contribution in [1.82, 2.24) is 19.3 Å². The van der Waals surface area contributed by atoms with Crippen LogP contribution in [0, 0.1) is 11.7 Å². The van der Waals surface area contributed by atoms with E-state index in [0.717, 1.165) is 25.1 Å². The number of rotatable bonds is 4. The van der Waals surface area contributed by atoms with Gasteiger partial charge in [-0.2, -0.15) is 0 Å². The standard InChI is InChI=1S/C19H19FN4O/c20-16-6-4-14(5-7-16)18(25)15-3-1-9-23(11-15)12-17-13-24-10-2-8-21-19(24)22-17/h2,4-8,10,13,15H,1,3,9,11-12H2/t15-/m1/s1. The summed E-state index contributed by atoms with van der Waals surface area (Å²) in [6.45, 7) is 2.36. The Morgan fingerprint density at radius 2 is 2.12 bits per heavy atom. The van der Waals surface area contributed by atoms with Gasteiger partial charge in [-0.3, -0.25) is 14.1 Å². The average molecular weight is 338 g/mol. The highest BCUT2D eigenvalue weighted by molar-refractivity contribution is 5.98. The predicted molar refractivity (Wildman–Crippen MR) is 91.7 cm³/mol. The number of benzene rings is 1. The number of hydrogen-bond acceptors (Lipinski definition) is 4. The van der Waals surface area contributed by atoms with Gasteiger partial charge in [0.05, 0.1) is 5.69 Å². The largest absolute Gasteiger partial charge is 0.297 e. The number of imidazole rings is 1. The molecule has 1 saturated heterocycles. The fraction of sp³-hybridized carbons (Fsp3) is 0.316. The zero-order valence-electron chi connectivity index (χ0n) is 13.8. The summed E-state index contributed by atoms with van der Waals surface area (Å²) in [5.41, 5.74) is 1.54. The summed E-state index contributed by atoms with van der Waals surface area (Å²) >= 11 is 0. The van der Waals surface area contributed by atoms with Crippen molar-refractivity contribution in [3.05, 3.63) is 66.0 Å². The van der Waals surface area contributed by atoms with Crippen LogP contribution in [0.2, 0.25) is 0 Å². The summed E-state index contributed by atoms with van der Waals surface area (Å²) in [6, 6.07) is 7.71. The number of ketones is 1. The summed E-state index contributed by atoms with van der Waals surface area (Å²) in [7, 11) is 0. The minimum atomic E-state index is -0.317. The van der Waals surface area contributed by atoms with Crippen LogP contribution in [0.1, 0.15) is 28.9 Å². The first-order valence-electron chi connectivity index (χ1n) is 8.50. The number of Topliss-reactive ketones (excluding diaryl/α,β-unsaturated/α-hetero) is 1. The van der Waals surface area contributed by atoms with Crippen molar-refractivity contribution in [2.24, 2.45) is 5.92 Å². The van der Waals surface area contributed by atoms with Crippen molar-refractivity contribution in [3.63, 3.8) is 0 Å². The van der Waals surface area contributed by atoms with Gasteiger partial charge in [0.1, 0.15) is 5.82 Å². The summed E-state index contributed by atoms with van der Waals surface area (Å²) in [5, 5.41) is 0. The van der Waals surface area contributed by atoms with Crippen molar-refractivity contribution in [3.8, 4) is 0 Å². The number of hydrogen-bond donors (Lipinski definition) is 0. The van der Waals surface area contributed by atoms with Gasteiger partial charge in [0, 0.05) is 43.2 Å². The third-order valence-electron chi connectivity index (χ3n) is 4.68. The molecule has 0 aliphatic carbocycles. The summed E-state index contributed by atoms with van der Waals surface area (Å²) in [5.74, 6) is 0.423. The second-order valence-electron chi connectivity index (χ2n) is 6.50. The van der Waals surface area contributed by atoms with Crippen LogP contribution >= 0.6 is 0 Å². The number of halogens is 1. The van der Waals surface area contributed by atoms with Gasteiger partial charge in [0.25, 0.3) is 0 Å². The zero-order chi connectivity index (χ0) is 17.2. The SMILES string of the molecule is O=C(c1ccc(F)cc1)[C@@H]1CCCN(Cc2cn3cccnc3n2)C1. The molecule has 0 N–H and O–H groups in total. The van der Waals surface area contributed by atoms with Crippen LogP contribution in [0.15, 0.2) is 48.9 Å². The molecule has 1 aliphatic heterocycles. The molecule has 0 bridgehead atoms. The van der Waals surface area contributed by atoms with E-state index in [2.05, 4.69) is 14.9 Å². The molecule has 1 atom stereocenters. The fourth-order valence-corrected chi connectivity index (χ4v) is 3.45. The Labute approximate surface area is 145 Å². The molecule has 1 aromatic carbocycles. The maximum Gasteiger partial charge on any atom is 0.233 e. The quantitative estimate of drug-likeness (QED) is 0.686. The highest BCUT2D eigenvalue weighted by Gasteiger charge is 2.27.